The molecule has 86 valence electrons. The van der Waals surface area contributed by atoms with E-state index in [1.165, 1.54) is 6.20 Å². The summed E-state index contributed by atoms with van der Waals surface area (Å²) in [7, 11) is 0. The third-order valence-corrected chi connectivity index (χ3v) is 1.76. The summed E-state index contributed by atoms with van der Waals surface area (Å²) in [6, 6.07) is 1.15. The SMILES string of the molecule is O=C(NCC(O)C(=O)O)c1ccncc1F. The van der Waals surface area contributed by atoms with Crippen LogP contribution in [-0.4, -0.2) is 39.7 Å². The summed E-state index contributed by atoms with van der Waals surface area (Å²) in [6.07, 6.45) is 0.377. The number of aliphatic hydroxyl groups is 1. The van der Waals surface area contributed by atoms with Crippen LogP contribution in [0.2, 0.25) is 0 Å². The van der Waals surface area contributed by atoms with Gasteiger partial charge in [-0.2, -0.15) is 0 Å². The van der Waals surface area contributed by atoms with Crippen LogP contribution in [0.5, 0.6) is 0 Å². The Hall–Kier alpha value is -2.02. The molecular formula is C9H9FN2O4. The third-order valence-electron chi connectivity index (χ3n) is 1.76. The second-order valence-corrected chi connectivity index (χ2v) is 2.92. The summed E-state index contributed by atoms with van der Waals surface area (Å²) in [5, 5.41) is 19.3. The number of carbonyl (C=O) groups is 2. The van der Waals surface area contributed by atoms with E-state index in [0.29, 0.717) is 0 Å². The average Bonchev–Trinajstić information content (AvgIpc) is 2.25. The summed E-state index contributed by atoms with van der Waals surface area (Å²) in [5.74, 6) is -3.08. The fourth-order valence-corrected chi connectivity index (χ4v) is 0.931. The van der Waals surface area contributed by atoms with E-state index >= 15 is 0 Å². The van der Waals surface area contributed by atoms with Gasteiger partial charge in [-0.05, 0) is 6.07 Å². The molecule has 1 aromatic rings. The minimum Gasteiger partial charge on any atom is -0.479 e. The van der Waals surface area contributed by atoms with Crippen LogP contribution in [-0.2, 0) is 4.79 Å². The number of amides is 1. The Labute approximate surface area is 89.7 Å². The molecule has 1 aromatic heterocycles. The first-order valence-electron chi connectivity index (χ1n) is 4.31. The van der Waals surface area contributed by atoms with Gasteiger partial charge in [-0.1, -0.05) is 0 Å². The number of hydrogen-bond acceptors (Lipinski definition) is 4. The van der Waals surface area contributed by atoms with E-state index in [9.17, 15) is 14.0 Å². The van der Waals surface area contributed by atoms with Crippen molar-refractivity contribution in [3.63, 3.8) is 0 Å². The molecule has 1 atom stereocenters. The van der Waals surface area contributed by atoms with Crippen molar-refractivity contribution >= 4 is 11.9 Å². The lowest BCUT2D eigenvalue weighted by atomic mass is 10.2. The monoisotopic (exact) mass is 228 g/mol. The van der Waals surface area contributed by atoms with Crippen LogP contribution in [0.25, 0.3) is 0 Å². The maximum Gasteiger partial charge on any atom is 0.334 e. The van der Waals surface area contributed by atoms with Gasteiger partial charge in [0.15, 0.2) is 11.9 Å². The molecule has 1 amide bonds. The van der Waals surface area contributed by atoms with Gasteiger partial charge >= 0.3 is 5.97 Å². The summed E-state index contributed by atoms with van der Waals surface area (Å²) in [5.41, 5.74) is -0.257. The zero-order valence-electron chi connectivity index (χ0n) is 8.05. The van der Waals surface area contributed by atoms with Gasteiger partial charge in [0.05, 0.1) is 18.3 Å². The molecule has 0 aliphatic rings. The molecule has 0 aliphatic carbocycles. The topological polar surface area (TPSA) is 99.5 Å². The van der Waals surface area contributed by atoms with E-state index in [-0.39, 0.29) is 5.56 Å². The highest BCUT2D eigenvalue weighted by Crippen LogP contribution is 2.03. The van der Waals surface area contributed by atoms with Gasteiger partial charge in [0.1, 0.15) is 0 Å². The van der Waals surface area contributed by atoms with Gasteiger partial charge in [-0.25, -0.2) is 9.18 Å². The van der Waals surface area contributed by atoms with Gasteiger partial charge in [0.2, 0.25) is 0 Å². The molecule has 1 unspecified atom stereocenters. The Bertz CT molecular complexity index is 410. The number of carboxylic acids is 1. The lowest BCUT2D eigenvalue weighted by Crippen LogP contribution is -2.36. The van der Waals surface area contributed by atoms with Gasteiger partial charge in [0.25, 0.3) is 5.91 Å². The maximum absolute atomic E-state index is 13.0. The van der Waals surface area contributed by atoms with E-state index < -0.39 is 30.3 Å². The molecule has 16 heavy (non-hydrogen) atoms. The van der Waals surface area contributed by atoms with Crippen molar-refractivity contribution in [2.24, 2.45) is 0 Å². The number of aromatic nitrogens is 1. The molecular weight excluding hydrogens is 219 g/mol. The molecule has 0 spiro atoms. The highest BCUT2D eigenvalue weighted by Gasteiger charge is 2.16. The van der Waals surface area contributed by atoms with E-state index in [0.717, 1.165) is 12.3 Å². The van der Waals surface area contributed by atoms with Crippen molar-refractivity contribution in [3.05, 3.63) is 29.8 Å². The fourth-order valence-electron chi connectivity index (χ4n) is 0.931. The van der Waals surface area contributed by atoms with Gasteiger partial charge < -0.3 is 15.5 Å². The number of hydrogen-bond donors (Lipinski definition) is 3. The van der Waals surface area contributed by atoms with Crippen molar-refractivity contribution in [2.45, 2.75) is 6.10 Å². The third kappa shape index (κ3) is 2.99. The first-order chi connectivity index (χ1) is 7.52. The second kappa shape index (κ2) is 5.17. The number of pyridine rings is 1. The van der Waals surface area contributed by atoms with Crippen molar-refractivity contribution in [3.8, 4) is 0 Å². The Balaban J connectivity index is 2.60. The first kappa shape index (κ1) is 12.1. The van der Waals surface area contributed by atoms with E-state index in [2.05, 4.69) is 10.3 Å². The molecule has 0 radical (unpaired) electrons. The van der Waals surface area contributed by atoms with Gasteiger partial charge in [-0.15, -0.1) is 0 Å². The zero-order valence-corrected chi connectivity index (χ0v) is 8.05. The van der Waals surface area contributed by atoms with Crippen LogP contribution in [0, 0.1) is 5.82 Å². The molecule has 0 aliphatic heterocycles. The summed E-state index contributed by atoms with van der Waals surface area (Å²) in [4.78, 5) is 25.0. The number of nitrogens with one attached hydrogen (secondary N) is 1. The zero-order chi connectivity index (χ0) is 12.1. The number of aliphatic hydroxyl groups excluding tert-OH is 1. The molecule has 1 rings (SSSR count). The van der Waals surface area contributed by atoms with E-state index in [1.54, 1.807) is 0 Å². The van der Waals surface area contributed by atoms with Crippen LogP contribution in [0.1, 0.15) is 10.4 Å². The molecule has 0 saturated heterocycles. The number of aliphatic carboxylic acids is 1. The number of nitrogens with zero attached hydrogens (tertiary/aromatic N) is 1. The van der Waals surface area contributed by atoms with Crippen LogP contribution >= 0.6 is 0 Å². The van der Waals surface area contributed by atoms with Crippen LogP contribution in [0.4, 0.5) is 4.39 Å². The Kier molecular flexibility index (Phi) is 3.90. The average molecular weight is 228 g/mol. The summed E-state index contributed by atoms with van der Waals surface area (Å²) >= 11 is 0. The predicted octanol–water partition coefficient (Wildman–Crippen LogP) is -0.604. The summed E-state index contributed by atoms with van der Waals surface area (Å²) in [6.45, 7) is -0.490. The smallest absolute Gasteiger partial charge is 0.334 e. The van der Waals surface area contributed by atoms with Crippen LogP contribution < -0.4 is 5.32 Å². The standard InChI is InChI=1S/C9H9FN2O4/c10-6-3-11-2-1-5(6)8(14)12-4-7(13)9(15)16/h1-3,7,13H,4H2,(H,12,14)(H,15,16). The number of halogens is 1. The molecule has 7 heteroatoms. The largest absolute Gasteiger partial charge is 0.479 e. The van der Waals surface area contributed by atoms with Crippen molar-refractivity contribution in [1.82, 2.24) is 10.3 Å². The Morgan fingerprint density at radius 1 is 1.56 bits per heavy atom. The van der Waals surface area contributed by atoms with Crippen molar-refractivity contribution in [2.75, 3.05) is 6.54 Å². The minimum absolute atomic E-state index is 0.257. The molecule has 0 bridgehead atoms. The summed E-state index contributed by atoms with van der Waals surface area (Å²) < 4.78 is 13.0. The Morgan fingerprint density at radius 2 is 2.25 bits per heavy atom. The Morgan fingerprint density at radius 3 is 2.81 bits per heavy atom. The van der Waals surface area contributed by atoms with Crippen molar-refractivity contribution in [1.29, 1.82) is 0 Å². The lowest BCUT2D eigenvalue weighted by Gasteiger charge is -2.07. The maximum atomic E-state index is 13.0. The molecule has 6 nitrogen and oxygen atoms in total. The van der Waals surface area contributed by atoms with Crippen molar-refractivity contribution < 1.29 is 24.2 Å². The molecule has 0 aromatic carbocycles. The number of carbonyl (C=O) groups excluding carboxylic acids is 1. The quantitative estimate of drug-likeness (QED) is 0.638. The number of rotatable bonds is 4. The first-order valence-corrected chi connectivity index (χ1v) is 4.31. The second-order valence-electron chi connectivity index (χ2n) is 2.92. The molecule has 1 heterocycles. The normalized spacial score (nSPS) is 11.9. The van der Waals surface area contributed by atoms with Crippen LogP contribution in [0.3, 0.4) is 0 Å². The van der Waals surface area contributed by atoms with Gasteiger partial charge in [0, 0.05) is 6.20 Å². The molecule has 0 saturated carbocycles. The lowest BCUT2D eigenvalue weighted by molar-refractivity contribution is -0.146. The predicted molar refractivity (Wildman–Crippen MR) is 50.2 cm³/mol. The molecule has 0 fully saturated rings. The van der Waals surface area contributed by atoms with Gasteiger partial charge in [-0.3, -0.25) is 9.78 Å². The highest BCUT2D eigenvalue weighted by molar-refractivity contribution is 5.94. The van der Waals surface area contributed by atoms with Crippen LogP contribution in [0.15, 0.2) is 18.5 Å². The number of carboxylic acid groups (broad SMARTS) is 1. The fraction of sp³-hybridized carbons (Fsp3) is 0.222. The highest BCUT2D eigenvalue weighted by atomic mass is 19.1. The van der Waals surface area contributed by atoms with E-state index in [1.807, 2.05) is 0 Å². The molecule has 3 N–H and O–H groups in total. The minimum atomic E-state index is -1.71. The van der Waals surface area contributed by atoms with E-state index in [4.69, 9.17) is 10.2 Å².